The van der Waals surface area contributed by atoms with Gasteiger partial charge in [0.1, 0.15) is 5.75 Å². The maximum Gasteiger partial charge on any atom is 0.256 e. The average molecular weight is 355 g/mol. The first-order valence-corrected chi connectivity index (χ1v) is 8.30. The van der Waals surface area contributed by atoms with Crippen LogP contribution in [0.5, 0.6) is 5.75 Å². The van der Waals surface area contributed by atoms with Crippen LogP contribution in [-0.2, 0) is 0 Å². The average Bonchev–Trinajstić information content (AvgIpc) is 2.57. The van der Waals surface area contributed by atoms with Crippen molar-refractivity contribution in [2.24, 2.45) is 0 Å². The Morgan fingerprint density at radius 3 is 2.60 bits per heavy atom. The molecule has 0 atom stereocenters. The fourth-order valence-electron chi connectivity index (χ4n) is 2.78. The number of halogens is 1. The summed E-state index contributed by atoms with van der Waals surface area (Å²) in [7, 11) is 1.55. The maximum atomic E-state index is 12.9. The normalized spacial score (nSPS) is 10.8. The lowest BCUT2D eigenvalue weighted by molar-refractivity contribution is 0.102. The van der Waals surface area contributed by atoms with Crippen LogP contribution in [0.4, 0.5) is 5.69 Å². The molecule has 3 aromatic rings. The third-order valence-corrected chi connectivity index (χ3v) is 4.47. The molecule has 0 radical (unpaired) electrons. The lowest BCUT2D eigenvalue weighted by Gasteiger charge is -2.14. The summed E-state index contributed by atoms with van der Waals surface area (Å²) in [6.45, 7) is 5.75. The number of hydrogen-bond acceptors (Lipinski definition) is 3. The number of anilines is 1. The second-order valence-electron chi connectivity index (χ2n) is 6.09. The van der Waals surface area contributed by atoms with Gasteiger partial charge in [-0.05, 0) is 50.6 Å². The number of nitrogens with zero attached hydrogens (tertiary/aromatic N) is 1. The van der Waals surface area contributed by atoms with Crippen molar-refractivity contribution in [3.8, 4) is 5.75 Å². The van der Waals surface area contributed by atoms with E-state index in [-0.39, 0.29) is 5.91 Å². The predicted molar refractivity (Wildman–Crippen MR) is 102 cm³/mol. The standard InChI is InChI=1S/C20H19ClN2O2/c1-11-5-6-17-14(7-11)15(9-13(3)22-17)20(24)23-18-8-12(2)16(21)10-19(18)25-4/h5-10H,1-4H3,(H,23,24). The Balaban J connectivity index is 2.07. The molecular formula is C20H19ClN2O2. The van der Waals surface area contributed by atoms with Crippen LogP contribution in [0.25, 0.3) is 10.9 Å². The molecule has 2 aromatic carbocycles. The summed E-state index contributed by atoms with van der Waals surface area (Å²) in [6, 6.07) is 11.2. The molecule has 0 spiro atoms. The van der Waals surface area contributed by atoms with E-state index in [0.29, 0.717) is 22.0 Å². The third-order valence-electron chi connectivity index (χ3n) is 4.07. The molecule has 0 bridgehead atoms. The van der Waals surface area contributed by atoms with Crippen molar-refractivity contribution >= 4 is 34.1 Å². The number of pyridine rings is 1. The van der Waals surface area contributed by atoms with Crippen LogP contribution in [0.2, 0.25) is 5.02 Å². The third kappa shape index (κ3) is 3.44. The van der Waals surface area contributed by atoms with E-state index in [0.717, 1.165) is 27.7 Å². The summed E-state index contributed by atoms with van der Waals surface area (Å²) < 4.78 is 5.34. The van der Waals surface area contributed by atoms with Crippen LogP contribution >= 0.6 is 11.6 Å². The van der Waals surface area contributed by atoms with E-state index in [1.807, 2.05) is 39.0 Å². The lowest BCUT2D eigenvalue weighted by atomic mass is 10.0. The van der Waals surface area contributed by atoms with Gasteiger partial charge in [-0.25, -0.2) is 0 Å². The number of ether oxygens (including phenoxy) is 1. The topological polar surface area (TPSA) is 51.2 Å². The van der Waals surface area contributed by atoms with E-state index < -0.39 is 0 Å². The van der Waals surface area contributed by atoms with Crippen LogP contribution in [-0.4, -0.2) is 18.0 Å². The van der Waals surface area contributed by atoms with Crippen LogP contribution in [0.1, 0.15) is 27.2 Å². The number of aromatic nitrogens is 1. The minimum absolute atomic E-state index is 0.207. The number of rotatable bonds is 3. The highest BCUT2D eigenvalue weighted by Gasteiger charge is 2.15. The molecule has 0 aliphatic carbocycles. The maximum absolute atomic E-state index is 12.9. The Kier molecular flexibility index (Phi) is 4.64. The van der Waals surface area contributed by atoms with E-state index in [1.165, 1.54) is 0 Å². The largest absolute Gasteiger partial charge is 0.495 e. The van der Waals surface area contributed by atoms with Gasteiger partial charge in [0.2, 0.25) is 0 Å². The molecule has 1 heterocycles. The van der Waals surface area contributed by atoms with E-state index in [9.17, 15) is 4.79 Å². The molecule has 0 saturated carbocycles. The number of hydrogen-bond donors (Lipinski definition) is 1. The van der Waals surface area contributed by atoms with Gasteiger partial charge in [-0.2, -0.15) is 0 Å². The number of aryl methyl sites for hydroxylation is 3. The molecule has 1 aromatic heterocycles. The lowest BCUT2D eigenvalue weighted by Crippen LogP contribution is -2.14. The molecule has 1 amide bonds. The number of nitrogens with one attached hydrogen (secondary N) is 1. The summed E-state index contributed by atoms with van der Waals surface area (Å²) in [5, 5.41) is 4.35. The number of carbonyl (C=O) groups is 1. The first-order valence-electron chi connectivity index (χ1n) is 7.92. The van der Waals surface area contributed by atoms with Gasteiger partial charge in [0.15, 0.2) is 0 Å². The van der Waals surface area contributed by atoms with Gasteiger partial charge in [0.05, 0.1) is 23.9 Å². The summed E-state index contributed by atoms with van der Waals surface area (Å²) in [5.41, 5.74) is 4.71. The minimum atomic E-state index is -0.207. The summed E-state index contributed by atoms with van der Waals surface area (Å²) in [6.07, 6.45) is 0. The van der Waals surface area contributed by atoms with Crippen LogP contribution in [0.3, 0.4) is 0 Å². The Bertz CT molecular complexity index is 983. The summed E-state index contributed by atoms with van der Waals surface area (Å²) >= 11 is 6.13. The van der Waals surface area contributed by atoms with Crippen molar-refractivity contribution < 1.29 is 9.53 Å². The van der Waals surface area contributed by atoms with Gasteiger partial charge in [-0.15, -0.1) is 0 Å². The Morgan fingerprint density at radius 1 is 1.12 bits per heavy atom. The van der Waals surface area contributed by atoms with E-state index in [2.05, 4.69) is 10.3 Å². The van der Waals surface area contributed by atoms with Gasteiger partial charge in [-0.1, -0.05) is 23.2 Å². The molecule has 4 nitrogen and oxygen atoms in total. The molecule has 1 N–H and O–H groups in total. The van der Waals surface area contributed by atoms with Gasteiger partial charge in [0, 0.05) is 22.2 Å². The van der Waals surface area contributed by atoms with Crippen molar-refractivity contribution in [3.05, 3.63) is 63.8 Å². The zero-order valence-corrected chi connectivity index (χ0v) is 15.4. The smallest absolute Gasteiger partial charge is 0.256 e. The molecule has 25 heavy (non-hydrogen) atoms. The second-order valence-corrected chi connectivity index (χ2v) is 6.49. The van der Waals surface area contributed by atoms with Crippen LogP contribution in [0, 0.1) is 20.8 Å². The summed E-state index contributed by atoms with van der Waals surface area (Å²) in [4.78, 5) is 17.4. The van der Waals surface area contributed by atoms with E-state index in [1.54, 1.807) is 25.3 Å². The van der Waals surface area contributed by atoms with Gasteiger partial charge >= 0.3 is 0 Å². The highest BCUT2D eigenvalue weighted by atomic mass is 35.5. The van der Waals surface area contributed by atoms with Gasteiger partial charge < -0.3 is 10.1 Å². The Hall–Kier alpha value is -2.59. The molecule has 0 aliphatic rings. The van der Waals surface area contributed by atoms with Crippen molar-refractivity contribution in [1.82, 2.24) is 4.98 Å². The highest BCUT2D eigenvalue weighted by Crippen LogP contribution is 2.31. The first kappa shape index (κ1) is 17.2. The highest BCUT2D eigenvalue weighted by molar-refractivity contribution is 6.31. The molecular weight excluding hydrogens is 336 g/mol. The first-order chi connectivity index (χ1) is 11.9. The molecule has 0 aliphatic heterocycles. The quantitative estimate of drug-likeness (QED) is 0.714. The number of fused-ring (bicyclic) bond motifs is 1. The second kappa shape index (κ2) is 6.73. The monoisotopic (exact) mass is 354 g/mol. The van der Waals surface area contributed by atoms with Crippen molar-refractivity contribution in [3.63, 3.8) is 0 Å². The number of benzene rings is 2. The fourth-order valence-corrected chi connectivity index (χ4v) is 2.93. The fraction of sp³-hybridized carbons (Fsp3) is 0.200. The minimum Gasteiger partial charge on any atom is -0.495 e. The zero-order chi connectivity index (χ0) is 18.1. The van der Waals surface area contributed by atoms with Gasteiger partial charge in [0.25, 0.3) is 5.91 Å². The number of methoxy groups -OCH3 is 1. The van der Waals surface area contributed by atoms with Crippen molar-refractivity contribution in [1.29, 1.82) is 0 Å². The Morgan fingerprint density at radius 2 is 1.88 bits per heavy atom. The Labute approximate surface area is 151 Å². The zero-order valence-electron chi connectivity index (χ0n) is 14.6. The van der Waals surface area contributed by atoms with Crippen LogP contribution in [0.15, 0.2) is 36.4 Å². The molecule has 0 unspecified atom stereocenters. The molecule has 0 saturated heterocycles. The van der Waals surface area contributed by atoms with Crippen molar-refractivity contribution in [2.75, 3.05) is 12.4 Å². The number of amides is 1. The molecule has 128 valence electrons. The van der Waals surface area contributed by atoms with Crippen LogP contribution < -0.4 is 10.1 Å². The summed E-state index contributed by atoms with van der Waals surface area (Å²) in [5.74, 6) is 0.316. The van der Waals surface area contributed by atoms with Crippen molar-refractivity contribution in [2.45, 2.75) is 20.8 Å². The molecule has 0 fully saturated rings. The van der Waals surface area contributed by atoms with E-state index in [4.69, 9.17) is 16.3 Å². The predicted octanol–water partition coefficient (Wildman–Crippen LogP) is 5.07. The van der Waals surface area contributed by atoms with E-state index >= 15 is 0 Å². The molecule has 5 heteroatoms. The molecule has 3 rings (SSSR count). The SMILES string of the molecule is COc1cc(Cl)c(C)cc1NC(=O)c1cc(C)nc2ccc(C)cc12. The number of carbonyl (C=O) groups excluding carboxylic acids is 1. The van der Waals surface area contributed by atoms with Gasteiger partial charge in [-0.3, -0.25) is 9.78 Å².